The fourth-order valence-corrected chi connectivity index (χ4v) is 6.26. The van der Waals surface area contributed by atoms with Gasteiger partial charge in [0.15, 0.2) is 0 Å². The normalized spacial score (nSPS) is 22.7. The first-order valence-corrected chi connectivity index (χ1v) is 16.1. The molecule has 0 aliphatic heterocycles. The second-order valence-electron chi connectivity index (χ2n) is 11.5. The molecule has 4 unspecified atom stereocenters. The Morgan fingerprint density at radius 2 is 0.882 bits per heavy atom. The Morgan fingerprint density at radius 1 is 0.441 bits per heavy atom. The summed E-state index contributed by atoms with van der Waals surface area (Å²) in [5, 5.41) is 0. The van der Waals surface area contributed by atoms with Gasteiger partial charge in [-0.1, -0.05) is 155 Å². The highest BCUT2D eigenvalue weighted by Crippen LogP contribution is 2.44. The van der Waals surface area contributed by atoms with Crippen molar-refractivity contribution in [2.24, 2.45) is 23.7 Å². The molecule has 0 aromatic rings. The molecule has 0 spiro atoms. The van der Waals surface area contributed by atoms with Gasteiger partial charge in [-0.05, 0) is 62.2 Å². The van der Waals surface area contributed by atoms with Gasteiger partial charge in [-0.2, -0.15) is 0 Å². The average Bonchev–Trinajstić information content (AvgIpc) is 2.85. The third kappa shape index (κ3) is 14.8. The first-order valence-electron chi connectivity index (χ1n) is 16.1. The predicted molar refractivity (Wildman–Crippen MR) is 157 cm³/mol. The van der Waals surface area contributed by atoms with Crippen LogP contribution < -0.4 is 0 Å². The van der Waals surface area contributed by atoms with Crippen molar-refractivity contribution in [3.63, 3.8) is 0 Å². The fourth-order valence-electron chi connectivity index (χ4n) is 6.26. The molecule has 0 heteroatoms. The minimum Gasteiger partial charge on any atom is -0.0885 e. The zero-order valence-corrected chi connectivity index (χ0v) is 24.2. The van der Waals surface area contributed by atoms with Crippen LogP contribution in [0.3, 0.4) is 0 Å². The molecule has 1 aliphatic carbocycles. The Balaban J connectivity index is 2.82. The van der Waals surface area contributed by atoms with Crippen molar-refractivity contribution in [1.29, 1.82) is 0 Å². The van der Waals surface area contributed by atoms with Gasteiger partial charge in [0.05, 0.1) is 0 Å². The quantitative estimate of drug-likeness (QED) is 0.102. The molecule has 4 atom stereocenters. The van der Waals surface area contributed by atoms with E-state index >= 15 is 0 Å². The summed E-state index contributed by atoms with van der Waals surface area (Å²) >= 11 is 0. The minimum atomic E-state index is 0.828. The fraction of sp³-hybridized carbons (Fsp3) is 0.882. The molecule has 0 bridgehead atoms. The number of rotatable bonds is 23. The van der Waals surface area contributed by atoms with Crippen LogP contribution in [0.15, 0.2) is 24.3 Å². The lowest BCUT2D eigenvalue weighted by Gasteiger charge is -2.40. The predicted octanol–water partition coefficient (Wildman–Crippen LogP) is 12.2. The van der Waals surface area contributed by atoms with Gasteiger partial charge in [0.25, 0.3) is 0 Å². The molecule has 1 rings (SSSR count). The third-order valence-corrected chi connectivity index (χ3v) is 8.48. The molecule has 0 aromatic carbocycles. The highest BCUT2D eigenvalue weighted by Gasteiger charge is 2.34. The minimum absolute atomic E-state index is 0.828. The first kappa shape index (κ1) is 31.5. The molecule has 0 N–H and O–H groups in total. The summed E-state index contributed by atoms with van der Waals surface area (Å²) in [6.07, 6.45) is 41.5. The van der Waals surface area contributed by atoms with Crippen molar-refractivity contribution in [2.75, 3.05) is 0 Å². The Hall–Kier alpha value is -0.520. The van der Waals surface area contributed by atoms with E-state index in [4.69, 9.17) is 0 Å². The van der Waals surface area contributed by atoms with Crippen LogP contribution in [0.5, 0.6) is 0 Å². The maximum Gasteiger partial charge on any atom is -0.0199 e. The molecule has 0 fully saturated rings. The van der Waals surface area contributed by atoms with Crippen molar-refractivity contribution in [1.82, 2.24) is 0 Å². The standard InChI is InChI=1S/C34H64/c1-5-9-13-17-20-24-28-34-31(25-21-16-12-8-4)29-30-32(26-22-18-14-10-6-2)33(34)27-23-19-15-11-7-3/h20,24,29-34H,5-19,21-23,25-28H2,1-4H3. The molecule has 0 heterocycles. The summed E-state index contributed by atoms with van der Waals surface area (Å²) < 4.78 is 0. The molecule has 0 saturated carbocycles. The number of hydrogen-bond acceptors (Lipinski definition) is 0. The van der Waals surface area contributed by atoms with Crippen LogP contribution in [-0.4, -0.2) is 0 Å². The van der Waals surface area contributed by atoms with Gasteiger partial charge in [-0.15, -0.1) is 0 Å². The van der Waals surface area contributed by atoms with E-state index in [-0.39, 0.29) is 0 Å². The van der Waals surface area contributed by atoms with Gasteiger partial charge in [-0.25, -0.2) is 0 Å². The number of unbranched alkanes of at least 4 members (excludes halogenated alkanes) is 14. The topological polar surface area (TPSA) is 0 Å². The summed E-state index contributed by atoms with van der Waals surface area (Å²) in [4.78, 5) is 0. The van der Waals surface area contributed by atoms with E-state index in [1.165, 1.54) is 141 Å². The number of hydrogen-bond donors (Lipinski definition) is 0. The molecule has 0 nitrogen and oxygen atoms in total. The van der Waals surface area contributed by atoms with E-state index in [9.17, 15) is 0 Å². The van der Waals surface area contributed by atoms with Gasteiger partial charge >= 0.3 is 0 Å². The van der Waals surface area contributed by atoms with Crippen LogP contribution >= 0.6 is 0 Å². The molecule has 0 amide bonds. The molecule has 200 valence electrons. The van der Waals surface area contributed by atoms with Crippen molar-refractivity contribution >= 4 is 0 Å². The lowest BCUT2D eigenvalue weighted by atomic mass is 9.65. The lowest BCUT2D eigenvalue weighted by Crippen LogP contribution is -2.31. The molecule has 0 saturated heterocycles. The second-order valence-corrected chi connectivity index (χ2v) is 11.5. The number of allylic oxidation sites excluding steroid dienone is 4. The monoisotopic (exact) mass is 473 g/mol. The van der Waals surface area contributed by atoms with E-state index < -0.39 is 0 Å². The molecular formula is C34H64. The van der Waals surface area contributed by atoms with E-state index in [1.54, 1.807) is 0 Å². The smallest absolute Gasteiger partial charge is 0.0199 e. The molecule has 0 aromatic heterocycles. The van der Waals surface area contributed by atoms with Crippen molar-refractivity contribution in [3.8, 4) is 0 Å². The Bertz CT molecular complexity index is 472. The summed E-state index contributed by atoms with van der Waals surface area (Å²) in [6.45, 7) is 9.33. The van der Waals surface area contributed by atoms with Crippen LogP contribution in [0.4, 0.5) is 0 Å². The molecule has 0 radical (unpaired) electrons. The Labute approximate surface area is 216 Å². The van der Waals surface area contributed by atoms with Gasteiger partial charge in [0, 0.05) is 0 Å². The van der Waals surface area contributed by atoms with E-state index in [0.717, 1.165) is 23.7 Å². The largest absolute Gasteiger partial charge is 0.0885 e. The highest BCUT2D eigenvalue weighted by atomic mass is 14.4. The molecule has 1 aliphatic rings. The summed E-state index contributed by atoms with van der Waals surface area (Å²) in [5.41, 5.74) is 0. The average molecular weight is 473 g/mol. The van der Waals surface area contributed by atoms with Crippen molar-refractivity contribution in [2.45, 2.75) is 169 Å². The highest BCUT2D eigenvalue weighted by molar-refractivity contribution is 5.06. The van der Waals surface area contributed by atoms with E-state index in [0.29, 0.717) is 0 Å². The van der Waals surface area contributed by atoms with E-state index in [2.05, 4.69) is 52.0 Å². The first-order chi connectivity index (χ1) is 16.8. The van der Waals surface area contributed by atoms with Crippen LogP contribution in [0.1, 0.15) is 169 Å². The zero-order valence-electron chi connectivity index (χ0n) is 24.2. The Morgan fingerprint density at radius 3 is 1.44 bits per heavy atom. The third-order valence-electron chi connectivity index (χ3n) is 8.48. The van der Waals surface area contributed by atoms with Gasteiger partial charge in [0.2, 0.25) is 0 Å². The summed E-state index contributed by atoms with van der Waals surface area (Å²) in [5.74, 6) is 3.49. The van der Waals surface area contributed by atoms with Crippen molar-refractivity contribution < 1.29 is 0 Å². The maximum absolute atomic E-state index is 2.71. The molecular weight excluding hydrogens is 408 g/mol. The van der Waals surface area contributed by atoms with Crippen LogP contribution in [-0.2, 0) is 0 Å². The zero-order chi connectivity index (χ0) is 24.7. The summed E-state index contributed by atoms with van der Waals surface area (Å²) in [6, 6.07) is 0. The van der Waals surface area contributed by atoms with Crippen LogP contribution in [0, 0.1) is 23.7 Å². The van der Waals surface area contributed by atoms with Crippen molar-refractivity contribution in [3.05, 3.63) is 24.3 Å². The van der Waals surface area contributed by atoms with Gasteiger partial charge < -0.3 is 0 Å². The SMILES string of the molecule is CCCCCC=CCC1C(CCCCCC)C=CC(CCCCCCC)C1CCCCCCC. The summed E-state index contributed by atoms with van der Waals surface area (Å²) in [7, 11) is 0. The maximum atomic E-state index is 2.71. The second kappa shape index (κ2) is 22.9. The van der Waals surface area contributed by atoms with E-state index in [1.807, 2.05) is 0 Å². The van der Waals surface area contributed by atoms with Crippen LogP contribution in [0.25, 0.3) is 0 Å². The van der Waals surface area contributed by atoms with Crippen LogP contribution in [0.2, 0.25) is 0 Å². The lowest BCUT2D eigenvalue weighted by molar-refractivity contribution is 0.159. The Kier molecular flexibility index (Phi) is 21.2. The van der Waals surface area contributed by atoms with Gasteiger partial charge in [-0.3, -0.25) is 0 Å². The molecule has 34 heavy (non-hydrogen) atoms. The van der Waals surface area contributed by atoms with Gasteiger partial charge in [0.1, 0.15) is 0 Å².